The summed E-state index contributed by atoms with van der Waals surface area (Å²) < 4.78 is 1.84. The van der Waals surface area contributed by atoms with Crippen molar-refractivity contribution in [2.24, 2.45) is 5.92 Å². The maximum atomic E-state index is 12.8. The molecule has 0 aliphatic heterocycles. The van der Waals surface area contributed by atoms with Crippen LogP contribution in [0.4, 0.5) is 0 Å². The number of carbonyl (C=O) groups excluding carboxylic acids is 1. The number of rotatable bonds is 4. The summed E-state index contributed by atoms with van der Waals surface area (Å²) in [6.45, 7) is 6.11. The quantitative estimate of drug-likeness (QED) is 0.747. The summed E-state index contributed by atoms with van der Waals surface area (Å²) in [4.78, 5) is 21.9. The molecule has 2 aromatic heterocycles. The molecule has 6 heteroatoms. The zero-order valence-electron chi connectivity index (χ0n) is 15.1. The van der Waals surface area contributed by atoms with Crippen LogP contribution in [0.5, 0.6) is 0 Å². The van der Waals surface area contributed by atoms with Gasteiger partial charge in [0.1, 0.15) is 6.33 Å². The van der Waals surface area contributed by atoms with E-state index < -0.39 is 0 Å². The summed E-state index contributed by atoms with van der Waals surface area (Å²) in [6, 6.07) is 9.51. The van der Waals surface area contributed by atoms with Gasteiger partial charge >= 0.3 is 0 Å². The Kier molecular flexibility index (Phi) is 3.99. The van der Waals surface area contributed by atoms with E-state index >= 15 is 0 Å². The lowest BCUT2D eigenvalue weighted by Crippen LogP contribution is -2.45. The number of carbonyl (C=O) groups is 1. The van der Waals surface area contributed by atoms with Crippen molar-refractivity contribution in [3.8, 4) is 11.3 Å². The molecule has 1 aliphatic rings. The molecule has 0 radical (unpaired) electrons. The molecule has 0 saturated heterocycles. The molecule has 1 aliphatic carbocycles. The Labute approximate surface area is 157 Å². The highest BCUT2D eigenvalue weighted by atomic mass is 35.5. The van der Waals surface area contributed by atoms with E-state index in [0.29, 0.717) is 22.3 Å². The van der Waals surface area contributed by atoms with Gasteiger partial charge in [-0.25, -0.2) is 9.97 Å². The molecule has 0 atom stereocenters. The molecule has 1 amide bonds. The standard InChI is InChI=1S/C20H21ClN4O/c1-12-9-16(13-5-4-6-15(21)10-13)23-18-17(22-11-25(12)18)19(26)24-20(2,3)14-7-8-14/h4-6,9-11,14H,7-8H2,1-3H3,(H,24,26). The Morgan fingerprint density at radius 1 is 1.31 bits per heavy atom. The first kappa shape index (κ1) is 17.0. The van der Waals surface area contributed by atoms with Crippen molar-refractivity contribution < 1.29 is 4.79 Å². The molecule has 26 heavy (non-hydrogen) atoms. The van der Waals surface area contributed by atoms with E-state index in [0.717, 1.165) is 29.8 Å². The van der Waals surface area contributed by atoms with Gasteiger partial charge in [0.25, 0.3) is 5.91 Å². The van der Waals surface area contributed by atoms with E-state index in [-0.39, 0.29) is 11.4 Å². The molecular weight excluding hydrogens is 348 g/mol. The molecule has 134 valence electrons. The van der Waals surface area contributed by atoms with Crippen LogP contribution < -0.4 is 5.32 Å². The number of hydrogen-bond donors (Lipinski definition) is 1. The van der Waals surface area contributed by atoms with E-state index in [1.165, 1.54) is 0 Å². The highest BCUT2D eigenvalue weighted by Crippen LogP contribution is 2.39. The van der Waals surface area contributed by atoms with Crippen LogP contribution in [0.1, 0.15) is 42.9 Å². The first-order valence-electron chi connectivity index (χ1n) is 8.78. The first-order valence-corrected chi connectivity index (χ1v) is 9.16. The number of benzene rings is 1. The van der Waals surface area contributed by atoms with Gasteiger partial charge < -0.3 is 5.32 Å². The molecule has 2 heterocycles. The number of aryl methyl sites for hydroxylation is 1. The van der Waals surface area contributed by atoms with Gasteiger partial charge in [0.2, 0.25) is 0 Å². The molecular formula is C20H21ClN4O. The van der Waals surface area contributed by atoms with E-state index in [2.05, 4.69) is 24.1 Å². The van der Waals surface area contributed by atoms with E-state index in [4.69, 9.17) is 16.6 Å². The van der Waals surface area contributed by atoms with Crippen LogP contribution in [0.25, 0.3) is 16.9 Å². The second kappa shape index (κ2) is 6.09. The summed E-state index contributed by atoms with van der Waals surface area (Å²) in [5.41, 5.74) is 3.32. The van der Waals surface area contributed by atoms with Crippen LogP contribution >= 0.6 is 11.6 Å². The topological polar surface area (TPSA) is 59.3 Å². The highest BCUT2D eigenvalue weighted by molar-refractivity contribution is 6.30. The summed E-state index contributed by atoms with van der Waals surface area (Å²) in [5.74, 6) is 0.358. The van der Waals surface area contributed by atoms with Gasteiger partial charge in [-0.1, -0.05) is 23.7 Å². The third-order valence-corrected chi connectivity index (χ3v) is 5.30. The zero-order chi connectivity index (χ0) is 18.5. The molecule has 0 spiro atoms. The van der Waals surface area contributed by atoms with Crippen molar-refractivity contribution in [1.29, 1.82) is 0 Å². The van der Waals surface area contributed by atoms with Crippen LogP contribution in [-0.2, 0) is 0 Å². The number of hydrogen-bond acceptors (Lipinski definition) is 3. The van der Waals surface area contributed by atoms with Crippen molar-refractivity contribution in [3.05, 3.63) is 53.1 Å². The molecule has 3 aromatic rings. The van der Waals surface area contributed by atoms with E-state index in [1.54, 1.807) is 6.33 Å². The largest absolute Gasteiger partial charge is 0.345 e. The minimum Gasteiger partial charge on any atom is -0.345 e. The number of amides is 1. The monoisotopic (exact) mass is 368 g/mol. The summed E-state index contributed by atoms with van der Waals surface area (Å²) in [7, 11) is 0. The Morgan fingerprint density at radius 3 is 2.77 bits per heavy atom. The molecule has 1 N–H and O–H groups in total. The number of halogens is 1. The van der Waals surface area contributed by atoms with Crippen molar-refractivity contribution >= 4 is 23.2 Å². The van der Waals surface area contributed by atoms with Gasteiger partial charge in [0.05, 0.1) is 5.69 Å². The van der Waals surface area contributed by atoms with Crippen molar-refractivity contribution in [2.45, 2.75) is 39.2 Å². The SMILES string of the molecule is Cc1cc(-c2cccc(Cl)c2)nc2c(C(=O)NC(C)(C)C3CC3)ncn12. The molecule has 5 nitrogen and oxygen atoms in total. The van der Waals surface area contributed by atoms with Gasteiger partial charge in [-0.05, 0) is 57.7 Å². The second-order valence-electron chi connectivity index (χ2n) is 7.53. The second-order valence-corrected chi connectivity index (χ2v) is 7.97. The average Bonchev–Trinajstić information content (AvgIpc) is 3.35. The molecule has 0 unspecified atom stereocenters. The number of fused-ring (bicyclic) bond motifs is 1. The van der Waals surface area contributed by atoms with Crippen LogP contribution in [0.3, 0.4) is 0 Å². The van der Waals surface area contributed by atoms with Crippen LogP contribution in [0.15, 0.2) is 36.7 Å². The Morgan fingerprint density at radius 2 is 2.08 bits per heavy atom. The van der Waals surface area contributed by atoms with Gasteiger partial charge in [-0.2, -0.15) is 0 Å². The minimum absolute atomic E-state index is 0.181. The fraction of sp³-hybridized carbons (Fsp3) is 0.350. The predicted molar refractivity (Wildman–Crippen MR) is 102 cm³/mol. The van der Waals surface area contributed by atoms with E-state index in [1.807, 2.05) is 41.7 Å². The maximum Gasteiger partial charge on any atom is 0.274 e. The van der Waals surface area contributed by atoms with E-state index in [9.17, 15) is 4.79 Å². The minimum atomic E-state index is -0.230. The Bertz CT molecular complexity index is 1000. The smallest absolute Gasteiger partial charge is 0.274 e. The molecule has 4 rings (SSSR count). The van der Waals surface area contributed by atoms with Gasteiger partial charge in [0.15, 0.2) is 11.3 Å². The lowest BCUT2D eigenvalue weighted by atomic mass is 9.98. The third-order valence-electron chi connectivity index (χ3n) is 5.06. The zero-order valence-corrected chi connectivity index (χ0v) is 15.8. The molecule has 0 bridgehead atoms. The van der Waals surface area contributed by atoms with Gasteiger partial charge in [-0.3, -0.25) is 9.20 Å². The normalized spacial score (nSPS) is 14.6. The van der Waals surface area contributed by atoms with Crippen molar-refractivity contribution in [2.75, 3.05) is 0 Å². The van der Waals surface area contributed by atoms with Gasteiger partial charge in [-0.15, -0.1) is 0 Å². The van der Waals surface area contributed by atoms with Crippen LogP contribution in [0.2, 0.25) is 5.02 Å². The van der Waals surface area contributed by atoms with Crippen LogP contribution in [0, 0.1) is 12.8 Å². The fourth-order valence-corrected chi connectivity index (χ4v) is 3.53. The Hall–Kier alpha value is -2.40. The van der Waals surface area contributed by atoms with Gasteiger partial charge in [0, 0.05) is 21.8 Å². The number of imidazole rings is 1. The van der Waals surface area contributed by atoms with Crippen molar-refractivity contribution in [3.63, 3.8) is 0 Å². The lowest BCUT2D eigenvalue weighted by Gasteiger charge is -2.25. The molecule has 1 saturated carbocycles. The lowest BCUT2D eigenvalue weighted by molar-refractivity contribution is 0.0900. The molecule has 1 aromatic carbocycles. The average molecular weight is 369 g/mol. The number of nitrogens with one attached hydrogen (secondary N) is 1. The first-order chi connectivity index (χ1) is 12.3. The number of aromatic nitrogens is 3. The summed E-state index contributed by atoms with van der Waals surface area (Å²) in [6.07, 6.45) is 3.97. The molecule has 1 fully saturated rings. The Balaban J connectivity index is 1.75. The highest BCUT2D eigenvalue weighted by Gasteiger charge is 2.39. The van der Waals surface area contributed by atoms with Crippen LogP contribution in [-0.4, -0.2) is 25.8 Å². The predicted octanol–water partition coefficient (Wildman–Crippen LogP) is 4.28. The number of nitrogens with zero attached hydrogens (tertiary/aromatic N) is 3. The van der Waals surface area contributed by atoms with Crippen molar-refractivity contribution in [1.82, 2.24) is 19.7 Å². The maximum absolute atomic E-state index is 12.8. The summed E-state index contributed by atoms with van der Waals surface area (Å²) in [5, 5.41) is 3.78. The fourth-order valence-electron chi connectivity index (χ4n) is 3.34. The summed E-state index contributed by atoms with van der Waals surface area (Å²) >= 11 is 6.11. The third kappa shape index (κ3) is 3.07.